The van der Waals surface area contributed by atoms with E-state index in [1.165, 1.54) is 19.3 Å². The largest absolute Gasteiger partial charge is 0.352 e. The molecular weight excluding hydrogens is 254 g/mol. The van der Waals surface area contributed by atoms with Gasteiger partial charge in [-0.25, -0.2) is 0 Å². The molecule has 2 aliphatic heterocycles. The van der Waals surface area contributed by atoms with Crippen LogP contribution in [-0.4, -0.2) is 48.4 Å². The van der Waals surface area contributed by atoms with Crippen LogP contribution in [0.4, 0.5) is 0 Å². The van der Waals surface area contributed by atoms with E-state index in [0.717, 1.165) is 32.5 Å². The second-order valence-corrected chi connectivity index (χ2v) is 6.53. The minimum absolute atomic E-state index is 0.0216. The standard InChI is InChI=1S/C15H25N3O2/c1-10(19)18-7-5-12(6-8-18)17-15(20)14-13-4-2-3-11(13)9-16-14/h11-14,16H,2-9H2,1H3,(H,17,20). The van der Waals surface area contributed by atoms with Crippen LogP contribution in [0.25, 0.3) is 0 Å². The average molecular weight is 279 g/mol. The molecule has 3 aliphatic rings. The van der Waals surface area contributed by atoms with E-state index in [1.54, 1.807) is 6.92 Å². The van der Waals surface area contributed by atoms with E-state index in [-0.39, 0.29) is 23.9 Å². The Morgan fingerprint density at radius 1 is 1.15 bits per heavy atom. The van der Waals surface area contributed by atoms with Gasteiger partial charge in [0.15, 0.2) is 0 Å². The van der Waals surface area contributed by atoms with Crippen molar-refractivity contribution in [2.45, 2.75) is 51.1 Å². The van der Waals surface area contributed by atoms with Crippen LogP contribution in [-0.2, 0) is 9.59 Å². The molecule has 0 aromatic heterocycles. The van der Waals surface area contributed by atoms with Crippen molar-refractivity contribution in [3.05, 3.63) is 0 Å². The maximum absolute atomic E-state index is 12.4. The highest BCUT2D eigenvalue weighted by Gasteiger charge is 2.42. The second kappa shape index (κ2) is 5.72. The first-order chi connectivity index (χ1) is 9.65. The molecule has 1 aliphatic carbocycles. The molecular formula is C15H25N3O2. The van der Waals surface area contributed by atoms with Crippen LogP contribution in [0.1, 0.15) is 39.0 Å². The number of fused-ring (bicyclic) bond motifs is 1. The van der Waals surface area contributed by atoms with E-state index in [2.05, 4.69) is 10.6 Å². The minimum Gasteiger partial charge on any atom is -0.352 e. The van der Waals surface area contributed by atoms with E-state index in [1.807, 2.05) is 4.90 Å². The van der Waals surface area contributed by atoms with Gasteiger partial charge in [-0.3, -0.25) is 9.59 Å². The fraction of sp³-hybridized carbons (Fsp3) is 0.867. The molecule has 2 heterocycles. The molecule has 0 aromatic carbocycles. The minimum atomic E-state index is 0.0216. The molecule has 0 spiro atoms. The van der Waals surface area contributed by atoms with Crippen LogP contribution in [0.15, 0.2) is 0 Å². The predicted molar refractivity (Wildman–Crippen MR) is 76.0 cm³/mol. The highest BCUT2D eigenvalue weighted by Crippen LogP contribution is 2.37. The summed E-state index contributed by atoms with van der Waals surface area (Å²) in [5, 5.41) is 6.59. The summed E-state index contributed by atoms with van der Waals surface area (Å²) in [5.41, 5.74) is 0. The number of rotatable bonds is 2. The fourth-order valence-corrected chi connectivity index (χ4v) is 4.10. The van der Waals surface area contributed by atoms with Gasteiger partial charge in [0.1, 0.15) is 0 Å². The summed E-state index contributed by atoms with van der Waals surface area (Å²) in [4.78, 5) is 25.6. The topological polar surface area (TPSA) is 61.4 Å². The van der Waals surface area contributed by atoms with Gasteiger partial charge in [0.05, 0.1) is 6.04 Å². The van der Waals surface area contributed by atoms with Gasteiger partial charge < -0.3 is 15.5 Å². The number of hydrogen-bond donors (Lipinski definition) is 2. The Kier molecular flexibility index (Phi) is 3.96. The maximum Gasteiger partial charge on any atom is 0.237 e. The van der Waals surface area contributed by atoms with Crippen LogP contribution in [0.5, 0.6) is 0 Å². The molecule has 1 saturated carbocycles. The highest BCUT2D eigenvalue weighted by molar-refractivity contribution is 5.83. The van der Waals surface area contributed by atoms with Gasteiger partial charge in [-0.15, -0.1) is 0 Å². The molecule has 0 radical (unpaired) electrons. The Bertz CT molecular complexity index is 391. The Morgan fingerprint density at radius 3 is 2.60 bits per heavy atom. The summed E-state index contributed by atoms with van der Waals surface area (Å²) in [7, 11) is 0. The number of hydrogen-bond acceptors (Lipinski definition) is 3. The zero-order valence-electron chi connectivity index (χ0n) is 12.2. The summed E-state index contributed by atoms with van der Waals surface area (Å²) in [6, 6.07) is 0.258. The first-order valence-electron chi connectivity index (χ1n) is 7.94. The van der Waals surface area contributed by atoms with Gasteiger partial charge in [-0.2, -0.15) is 0 Å². The maximum atomic E-state index is 12.4. The predicted octanol–water partition coefficient (Wildman–Crippen LogP) is 0.502. The van der Waals surface area contributed by atoms with Crippen molar-refractivity contribution in [3.8, 4) is 0 Å². The number of amides is 2. The van der Waals surface area contributed by atoms with Crippen molar-refractivity contribution in [2.75, 3.05) is 19.6 Å². The Balaban J connectivity index is 1.49. The zero-order valence-corrected chi connectivity index (χ0v) is 12.2. The van der Waals surface area contributed by atoms with Gasteiger partial charge in [0, 0.05) is 26.1 Å². The van der Waals surface area contributed by atoms with Crippen molar-refractivity contribution in [3.63, 3.8) is 0 Å². The number of likely N-dealkylation sites (tertiary alicyclic amines) is 1. The van der Waals surface area contributed by atoms with E-state index in [9.17, 15) is 9.59 Å². The van der Waals surface area contributed by atoms with Crippen LogP contribution < -0.4 is 10.6 Å². The second-order valence-electron chi connectivity index (χ2n) is 6.53. The molecule has 3 fully saturated rings. The molecule has 3 rings (SSSR count). The van der Waals surface area contributed by atoms with Gasteiger partial charge in [0.25, 0.3) is 0 Å². The summed E-state index contributed by atoms with van der Waals surface area (Å²) in [5.74, 6) is 1.58. The van der Waals surface area contributed by atoms with E-state index in [0.29, 0.717) is 11.8 Å². The fourth-order valence-electron chi connectivity index (χ4n) is 4.10. The molecule has 3 atom stereocenters. The molecule has 3 unspecified atom stereocenters. The van der Waals surface area contributed by atoms with Crippen LogP contribution in [0.3, 0.4) is 0 Å². The summed E-state index contributed by atoms with van der Waals surface area (Å²) in [6.45, 7) is 4.15. The third kappa shape index (κ3) is 2.68. The molecule has 2 N–H and O–H groups in total. The lowest BCUT2D eigenvalue weighted by Gasteiger charge is -2.32. The van der Waals surface area contributed by atoms with E-state index < -0.39 is 0 Å². The smallest absolute Gasteiger partial charge is 0.237 e. The molecule has 20 heavy (non-hydrogen) atoms. The monoisotopic (exact) mass is 279 g/mol. The van der Waals surface area contributed by atoms with Gasteiger partial charge in [-0.05, 0) is 44.1 Å². The van der Waals surface area contributed by atoms with Gasteiger partial charge in [0.2, 0.25) is 11.8 Å². The summed E-state index contributed by atoms with van der Waals surface area (Å²) >= 11 is 0. The van der Waals surface area contributed by atoms with Gasteiger partial charge >= 0.3 is 0 Å². The number of carbonyl (C=O) groups excluding carboxylic acids is 2. The number of nitrogens with one attached hydrogen (secondary N) is 2. The number of nitrogens with zero attached hydrogens (tertiary/aromatic N) is 1. The molecule has 5 heteroatoms. The number of carbonyl (C=O) groups is 2. The molecule has 0 bridgehead atoms. The van der Waals surface area contributed by atoms with Crippen LogP contribution >= 0.6 is 0 Å². The first kappa shape index (κ1) is 13.9. The number of piperidine rings is 1. The molecule has 2 saturated heterocycles. The third-order valence-corrected chi connectivity index (χ3v) is 5.32. The van der Waals surface area contributed by atoms with Crippen molar-refractivity contribution < 1.29 is 9.59 Å². The molecule has 5 nitrogen and oxygen atoms in total. The SMILES string of the molecule is CC(=O)N1CCC(NC(=O)C2NCC3CCCC32)CC1. The van der Waals surface area contributed by atoms with Crippen LogP contribution in [0.2, 0.25) is 0 Å². The lowest BCUT2D eigenvalue weighted by Crippen LogP contribution is -2.51. The van der Waals surface area contributed by atoms with E-state index >= 15 is 0 Å². The molecule has 2 amide bonds. The molecule has 112 valence electrons. The lowest BCUT2D eigenvalue weighted by atomic mass is 9.93. The first-order valence-corrected chi connectivity index (χ1v) is 7.94. The van der Waals surface area contributed by atoms with Crippen molar-refractivity contribution in [1.29, 1.82) is 0 Å². The van der Waals surface area contributed by atoms with Gasteiger partial charge in [-0.1, -0.05) is 6.42 Å². The Hall–Kier alpha value is -1.10. The quantitative estimate of drug-likeness (QED) is 0.774. The Labute approximate surface area is 120 Å². The Morgan fingerprint density at radius 2 is 1.90 bits per heavy atom. The van der Waals surface area contributed by atoms with Crippen molar-refractivity contribution in [2.24, 2.45) is 11.8 Å². The molecule has 0 aromatic rings. The van der Waals surface area contributed by atoms with E-state index in [4.69, 9.17) is 0 Å². The van der Waals surface area contributed by atoms with Crippen LogP contribution in [0, 0.1) is 11.8 Å². The van der Waals surface area contributed by atoms with Crippen molar-refractivity contribution in [1.82, 2.24) is 15.5 Å². The zero-order chi connectivity index (χ0) is 14.1. The van der Waals surface area contributed by atoms with Crippen molar-refractivity contribution >= 4 is 11.8 Å². The summed E-state index contributed by atoms with van der Waals surface area (Å²) < 4.78 is 0. The summed E-state index contributed by atoms with van der Waals surface area (Å²) in [6.07, 6.45) is 5.51. The average Bonchev–Trinajstić information content (AvgIpc) is 3.01. The normalized spacial score (nSPS) is 34.0. The third-order valence-electron chi connectivity index (χ3n) is 5.32. The highest BCUT2D eigenvalue weighted by atomic mass is 16.2. The lowest BCUT2D eigenvalue weighted by molar-refractivity contribution is -0.130.